The number of H-pyrrole nitrogens is 1. The first-order chi connectivity index (χ1) is 11.2. The van der Waals surface area contributed by atoms with E-state index in [9.17, 15) is 0 Å². The van der Waals surface area contributed by atoms with E-state index in [1.54, 1.807) is 7.11 Å². The molecule has 0 saturated carbocycles. The summed E-state index contributed by atoms with van der Waals surface area (Å²) in [7, 11) is 1.70. The maximum absolute atomic E-state index is 6.04. The van der Waals surface area contributed by atoms with Crippen molar-refractivity contribution >= 4 is 33.4 Å². The number of hydrogen-bond donors (Lipinski definition) is 1. The van der Waals surface area contributed by atoms with E-state index < -0.39 is 0 Å². The molecule has 0 aliphatic rings. The van der Waals surface area contributed by atoms with E-state index in [2.05, 4.69) is 29.1 Å². The number of aromatic amines is 1. The van der Waals surface area contributed by atoms with Gasteiger partial charge in [0.2, 0.25) is 0 Å². The number of rotatable bonds is 3. The Morgan fingerprint density at radius 1 is 1.26 bits per heavy atom. The third-order valence-corrected chi connectivity index (χ3v) is 4.40. The number of hydrogen-bond acceptors (Lipinski definition) is 2. The van der Waals surface area contributed by atoms with E-state index in [1.807, 2.05) is 35.3 Å². The first kappa shape index (κ1) is 14.2. The van der Waals surface area contributed by atoms with Crippen molar-refractivity contribution in [1.82, 2.24) is 14.8 Å². The summed E-state index contributed by atoms with van der Waals surface area (Å²) in [6.45, 7) is 2.72. The molecule has 4 rings (SSSR count). The molecule has 0 fully saturated rings. The Kier molecular flexibility index (Phi) is 3.27. The van der Waals surface area contributed by atoms with Crippen molar-refractivity contribution in [3.63, 3.8) is 0 Å². The fourth-order valence-electron chi connectivity index (χ4n) is 3.06. The highest BCUT2D eigenvalue weighted by molar-refractivity contribution is 6.31. The van der Waals surface area contributed by atoms with Crippen molar-refractivity contribution < 1.29 is 4.74 Å². The molecule has 4 aromatic rings. The SMILES string of the molecule is COc1cc(C)c2[nH]ccc2c1Cn1cc2ccc(Cl)cc2n1. The molecule has 0 radical (unpaired) electrons. The summed E-state index contributed by atoms with van der Waals surface area (Å²) in [6, 6.07) is 9.90. The number of ether oxygens (including phenoxy) is 1. The molecule has 0 unspecified atom stereocenters. The van der Waals surface area contributed by atoms with Crippen LogP contribution in [0.25, 0.3) is 21.8 Å². The lowest BCUT2D eigenvalue weighted by molar-refractivity contribution is 0.408. The molecule has 1 N–H and O–H groups in total. The molecule has 2 aromatic carbocycles. The van der Waals surface area contributed by atoms with Crippen LogP contribution >= 0.6 is 11.6 Å². The largest absolute Gasteiger partial charge is 0.496 e. The third kappa shape index (κ3) is 2.35. The molecule has 0 aliphatic carbocycles. The van der Waals surface area contributed by atoms with E-state index in [-0.39, 0.29) is 0 Å². The summed E-state index contributed by atoms with van der Waals surface area (Å²) in [4.78, 5) is 3.30. The van der Waals surface area contributed by atoms with Gasteiger partial charge in [0.1, 0.15) is 5.75 Å². The Morgan fingerprint density at radius 2 is 2.13 bits per heavy atom. The number of nitrogens with zero attached hydrogens (tertiary/aromatic N) is 2. The predicted molar refractivity (Wildman–Crippen MR) is 93.4 cm³/mol. The highest BCUT2D eigenvalue weighted by atomic mass is 35.5. The van der Waals surface area contributed by atoms with Crippen LogP contribution in [-0.4, -0.2) is 21.9 Å². The smallest absolute Gasteiger partial charge is 0.124 e. The molecule has 0 spiro atoms. The van der Waals surface area contributed by atoms with Gasteiger partial charge in [0.15, 0.2) is 0 Å². The van der Waals surface area contributed by atoms with Gasteiger partial charge >= 0.3 is 0 Å². The minimum Gasteiger partial charge on any atom is -0.496 e. The van der Waals surface area contributed by atoms with E-state index in [1.165, 1.54) is 10.9 Å². The summed E-state index contributed by atoms with van der Waals surface area (Å²) in [5.41, 5.74) is 4.32. The fourth-order valence-corrected chi connectivity index (χ4v) is 3.23. The van der Waals surface area contributed by atoms with Crippen LogP contribution in [-0.2, 0) is 6.54 Å². The van der Waals surface area contributed by atoms with Crippen molar-refractivity contribution in [3.8, 4) is 5.75 Å². The molecule has 0 saturated heterocycles. The zero-order valence-corrected chi connectivity index (χ0v) is 13.7. The first-order valence-electron chi connectivity index (χ1n) is 7.42. The third-order valence-electron chi connectivity index (χ3n) is 4.17. The number of aryl methyl sites for hydroxylation is 1. The van der Waals surface area contributed by atoms with Crippen LogP contribution in [0.2, 0.25) is 5.02 Å². The molecular formula is C18H16ClN3O. The number of aromatic nitrogens is 3. The minimum absolute atomic E-state index is 0.643. The van der Waals surface area contributed by atoms with E-state index in [0.717, 1.165) is 27.7 Å². The molecule has 2 aromatic heterocycles. The second-order valence-electron chi connectivity index (χ2n) is 5.67. The molecule has 23 heavy (non-hydrogen) atoms. The van der Waals surface area contributed by atoms with Gasteiger partial charge < -0.3 is 9.72 Å². The monoisotopic (exact) mass is 325 g/mol. The van der Waals surface area contributed by atoms with Crippen molar-refractivity contribution in [3.05, 3.63) is 58.9 Å². The van der Waals surface area contributed by atoms with Gasteiger partial charge in [-0.15, -0.1) is 0 Å². The van der Waals surface area contributed by atoms with Gasteiger partial charge in [0, 0.05) is 39.3 Å². The van der Waals surface area contributed by atoms with Crippen LogP contribution in [0, 0.1) is 6.92 Å². The van der Waals surface area contributed by atoms with Crippen LogP contribution in [0.4, 0.5) is 0 Å². The molecule has 0 amide bonds. The van der Waals surface area contributed by atoms with Gasteiger partial charge in [-0.05, 0) is 42.8 Å². The Balaban J connectivity index is 1.84. The summed E-state index contributed by atoms with van der Waals surface area (Å²) >= 11 is 6.04. The van der Waals surface area contributed by atoms with E-state index >= 15 is 0 Å². The number of fused-ring (bicyclic) bond motifs is 2. The standard InChI is InChI=1S/C18H16ClN3O/c1-11-7-17(23-2)15(14-5-6-20-18(11)14)10-22-9-12-3-4-13(19)8-16(12)21-22/h3-9,20H,10H2,1-2H3. The molecule has 2 heterocycles. The summed E-state index contributed by atoms with van der Waals surface area (Å²) in [5, 5.41) is 7.56. The summed E-state index contributed by atoms with van der Waals surface area (Å²) < 4.78 is 7.52. The maximum atomic E-state index is 6.04. The van der Waals surface area contributed by atoms with Gasteiger partial charge in [-0.3, -0.25) is 4.68 Å². The van der Waals surface area contributed by atoms with Crippen molar-refractivity contribution in [2.45, 2.75) is 13.5 Å². The lowest BCUT2D eigenvalue weighted by Crippen LogP contribution is -2.03. The second kappa shape index (κ2) is 5.32. The Bertz CT molecular complexity index is 1020. The van der Waals surface area contributed by atoms with Crippen molar-refractivity contribution in [1.29, 1.82) is 0 Å². The zero-order valence-electron chi connectivity index (χ0n) is 12.9. The van der Waals surface area contributed by atoms with Crippen LogP contribution in [0.15, 0.2) is 42.7 Å². The normalized spacial score (nSPS) is 11.4. The molecular weight excluding hydrogens is 310 g/mol. The fraction of sp³-hybridized carbons (Fsp3) is 0.167. The predicted octanol–water partition coefficient (Wildman–Crippen LogP) is 4.54. The Labute approximate surface area is 138 Å². The van der Waals surface area contributed by atoms with Crippen LogP contribution in [0.1, 0.15) is 11.1 Å². The lowest BCUT2D eigenvalue weighted by Gasteiger charge is -2.12. The molecule has 4 nitrogen and oxygen atoms in total. The van der Waals surface area contributed by atoms with Gasteiger partial charge in [0.05, 0.1) is 19.2 Å². The van der Waals surface area contributed by atoms with E-state index in [4.69, 9.17) is 16.3 Å². The van der Waals surface area contributed by atoms with Crippen LogP contribution in [0.3, 0.4) is 0 Å². The van der Waals surface area contributed by atoms with Gasteiger partial charge in [-0.25, -0.2) is 0 Å². The Hall–Kier alpha value is -2.46. The maximum Gasteiger partial charge on any atom is 0.124 e. The quantitative estimate of drug-likeness (QED) is 0.601. The number of methoxy groups -OCH3 is 1. The zero-order chi connectivity index (χ0) is 16.0. The average Bonchev–Trinajstić information content (AvgIpc) is 3.16. The first-order valence-corrected chi connectivity index (χ1v) is 7.80. The molecule has 0 bridgehead atoms. The average molecular weight is 326 g/mol. The molecule has 5 heteroatoms. The van der Waals surface area contributed by atoms with E-state index in [0.29, 0.717) is 11.6 Å². The minimum atomic E-state index is 0.643. The highest BCUT2D eigenvalue weighted by Gasteiger charge is 2.13. The second-order valence-corrected chi connectivity index (χ2v) is 6.11. The molecule has 0 aliphatic heterocycles. The summed E-state index contributed by atoms with van der Waals surface area (Å²) in [5.74, 6) is 0.882. The van der Waals surface area contributed by atoms with Crippen LogP contribution in [0.5, 0.6) is 5.75 Å². The summed E-state index contributed by atoms with van der Waals surface area (Å²) in [6.07, 6.45) is 3.99. The number of halogens is 1. The highest BCUT2D eigenvalue weighted by Crippen LogP contribution is 2.31. The topological polar surface area (TPSA) is 42.8 Å². The Morgan fingerprint density at radius 3 is 2.96 bits per heavy atom. The van der Waals surface area contributed by atoms with Gasteiger partial charge in [-0.1, -0.05) is 11.6 Å². The molecule has 0 atom stereocenters. The van der Waals surface area contributed by atoms with Gasteiger partial charge in [-0.2, -0.15) is 5.10 Å². The molecule has 116 valence electrons. The number of benzene rings is 2. The van der Waals surface area contributed by atoms with Crippen LogP contribution < -0.4 is 4.74 Å². The van der Waals surface area contributed by atoms with Crippen molar-refractivity contribution in [2.24, 2.45) is 0 Å². The lowest BCUT2D eigenvalue weighted by atomic mass is 10.0. The van der Waals surface area contributed by atoms with Crippen molar-refractivity contribution in [2.75, 3.05) is 7.11 Å². The number of nitrogens with one attached hydrogen (secondary N) is 1. The van der Waals surface area contributed by atoms with Gasteiger partial charge in [0.25, 0.3) is 0 Å².